The highest BCUT2D eigenvalue weighted by molar-refractivity contribution is 7.10. The van der Waals surface area contributed by atoms with Gasteiger partial charge in [0.2, 0.25) is 5.91 Å². The zero-order valence-corrected chi connectivity index (χ0v) is 13.6. The third kappa shape index (κ3) is 2.26. The van der Waals surface area contributed by atoms with E-state index in [1.165, 1.54) is 36.1 Å². The van der Waals surface area contributed by atoms with Crippen LogP contribution in [0.3, 0.4) is 0 Å². The molecule has 4 nitrogen and oxygen atoms in total. The minimum absolute atomic E-state index is 0.0297. The molecule has 3 heterocycles. The Balaban J connectivity index is 1.59. The number of carbonyl (C=O) groups is 2. The van der Waals surface area contributed by atoms with Crippen LogP contribution in [0.4, 0.5) is 0 Å². The summed E-state index contributed by atoms with van der Waals surface area (Å²) in [5.41, 5.74) is 2.09. The van der Waals surface area contributed by atoms with Gasteiger partial charge in [-0.15, -0.1) is 11.3 Å². The first kappa shape index (κ1) is 14.2. The zero-order chi connectivity index (χ0) is 15.1. The quantitative estimate of drug-likeness (QED) is 0.911. The van der Waals surface area contributed by atoms with Gasteiger partial charge in [0, 0.05) is 23.3 Å². The van der Waals surface area contributed by atoms with Crippen molar-refractivity contribution in [3.63, 3.8) is 0 Å². The average Bonchev–Trinajstić information content (AvgIpc) is 3.18. The maximum atomic E-state index is 12.7. The minimum Gasteiger partial charge on any atom is -0.354 e. The van der Waals surface area contributed by atoms with Crippen molar-refractivity contribution in [2.45, 2.75) is 63.5 Å². The number of rotatable bonds is 2. The van der Waals surface area contributed by atoms with Crippen LogP contribution in [0.5, 0.6) is 0 Å². The van der Waals surface area contributed by atoms with E-state index in [1.54, 1.807) is 11.3 Å². The predicted molar refractivity (Wildman–Crippen MR) is 86.1 cm³/mol. The maximum Gasteiger partial charge on any atom is 0.256 e. The zero-order valence-electron chi connectivity index (χ0n) is 12.8. The Morgan fingerprint density at radius 1 is 1.09 bits per heavy atom. The topological polar surface area (TPSA) is 49.4 Å². The second-order valence-electron chi connectivity index (χ2n) is 6.71. The predicted octanol–water partition coefficient (Wildman–Crippen LogP) is 3.03. The van der Waals surface area contributed by atoms with Crippen molar-refractivity contribution in [1.82, 2.24) is 10.2 Å². The summed E-state index contributed by atoms with van der Waals surface area (Å²) < 4.78 is 0. The highest BCUT2D eigenvalue weighted by atomic mass is 32.1. The van der Waals surface area contributed by atoms with E-state index in [9.17, 15) is 9.59 Å². The molecule has 0 radical (unpaired) electrons. The van der Waals surface area contributed by atoms with E-state index in [2.05, 4.69) is 5.32 Å². The fraction of sp³-hybridized carbons (Fsp3) is 0.647. The highest BCUT2D eigenvalue weighted by Crippen LogP contribution is 2.43. The minimum atomic E-state index is -0.274. The van der Waals surface area contributed by atoms with Gasteiger partial charge in [0.15, 0.2) is 0 Å². The lowest BCUT2D eigenvalue weighted by atomic mass is 10.0. The third-order valence-electron chi connectivity index (χ3n) is 5.35. The van der Waals surface area contributed by atoms with Crippen LogP contribution in [0, 0.1) is 0 Å². The first-order valence-electron chi connectivity index (χ1n) is 8.44. The number of hydrogen-bond acceptors (Lipinski definition) is 3. The van der Waals surface area contributed by atoms with E-state index < -0.39 is 0 Å². The molecule has 0 spiro atoms. The molecule has 1 N–H and O–H groups in total. The fourth-order valence-corrected chi connectivity index (χ4v) is 5.37. The van der Waals surface area contributed by atoms with Crippen molar-refractivity contribution in [1.29, 1.82) is 0 Å². The van der Waals surface area contributed by atoms with Crippen LogP contribution in [0.2, 0.25) is 0 Å². The molecule has 2 aliphatic heterocycles. The number of carbonyl (C=O) groups excluding carboxylic acids is 2. The van der Waals surface area contributed by atoms with Crippen molar-refractivity contribution in [3.05, 3.63) is 21.4 Å². The number of amides is 2. The van der Waals surface area contributed by atoms with Crippen LogP contribution >= 0.6 is 11.3 Å². The summed E-state index contributed by atoms with van der Waals surface area (Å²) in [7, 11) is 0. The third-order valence-corrected chi connectivity index (χ3v) is 6.54. The SMILES string of the molecule is O=C1NCCCCC1N1Cc2c(csc2C2CCCC2)C1=O. The van der Waals surface area contributed by atoms with Crippen LogP contribution in [0.15, 0.2) is 5.38 Å². The number of fused-ring (bicyclic) bond motifs is 1. The summed E-state index contributed by atoms with van der Waals surface area (Å²) in [6, 6.07) is -0.274. The fourth-order valence-electron chi connectivity index (χ4n) is 4.14. The van der Waals surface area contributed by atoms with Crippen molar-refractivity contribution in [2.24, 2.45) is 0 Å². The summed E-state index contributed by atoms with van der Waals surface area (Å²) in [6.45, 7) is 1.38. The second kappa shape index (κ2) is 5.69. The lowest BCUT2D eigenvalue weighted by molar-refractivity contribution is -0.125. The Labute approximate surface area is 134 Å². The van der Waals surface area contributed by atoms with E-state index in [4.69, 9.17) is 0 Å². The monoisotopic (exact) mass is 318 g/mol. The molecule has 1 aromatic heterocycles. The summed E-state index contributed by atoms with van der Waals surface area (Å²) in [5.74, 6) is 0.740. The van der Waals surface area contributed by atoms with Gasteiger partial charge in [-0.2, -0.15) is 0 Å². The molecule has 4 rings (SSSR count). The van der Waals surface area contributed by atoms with Crippen LogP contribution in [0.1, 0.15) is 71.7 Å². The summed E-state index contributed by atoms with van der Waals surface area (Å²) in [6.07, 6.45) is 7.94. The largest absolute Gasteiger partial charge is 0.354 e. The van der Waals surface area contributed by atoms with Crippen LogP contribution in [-0.4, -0.2) is 29.3 Å². The molecular weight excluding hydrogens is 296 g/mol. The molecular formula is C17H22N2O2S. The summed E-state index contributed by atoms with van der Waals surface area (Å²) in [4.78, 5) is 28.2. The Hall–Kier alpha value is -1.36. The normalized spacial score (nSPS) is 26.2. The first-order chi connectivity index (χ1) is 10.8. The molecule has 2 amide bonds. The maximum absolute atomic E-state index is 12.7. The standard InChI is InChI=1S/C17H22N2O2S/c20-16-14(7-3-4-8-18-16)19-9-12-13(17(19)21)10-22-15(12)11-5-1-2-6-11/h10-11,14H,1-9H2,(H,18,20). The van der Waals surface area contributed by atoms with E-state index in [0.29, 0.717) is 12.5 Å². The Morgan fingerprint density at radius 3 is 2.68 bits per heavy atom. The number of nitrogens with zero attached hydrogens (tertiary/aromatic N) is 1. The van der Waals surface area contributed by atoms with Gasteiger partial charge < -0.3 is 10.2 Å². The van der Waals surface area contributed by atoms with Crippen molar-refractivity contribution in [3.8, 4) is 0 Å². The van der Waals surface area contributed by atoms with Crippen molar-refractivity contribution < 1.29 is 9.59 Å². The highest BCUT2D eigenvalue weighted by Gasteiger charge is 2.39. The van der Waals surface area contributed by atoms with Crippen molar-refractivity contribution in [2.75, 3.05) is 6.54 Å². The molecule has 22 heavy (non-hydrogen) atoms. The van der Waals surface area contributed by atoms with Crippen LogP contribution in [-0.2, 0) is 11.3 Å². The van der Waals surface area contributed by atoms with Gasteiger partial charge in [-0.05, 0) is 43.6 Å². The second-order valence-corrected chi connectivity index (χ2v) is 7.62. The Bertz CT molecular complexity index is 604. The Morgan fingerprint density at radius 2 is 1.86 bits per heavy atom. The molecule has 2 fully saturated rings. The van der Waals surface area contributed by atoms with Gasteiger partial charge in [0.05, 0.1) is 5.56 Å². The molecule has 1 aliphatic carbocycles. The molecule has 0 bridgehead atoms. The number of thiophene rings is 1. The van der Waals surface area contributed by atoms with E-state index in [0.717, 1.165) is 31.4 Å². The average molecular weight is 318 g/mol. The number of nitrogens with one attached hydrogen (secondary N) is 1. The molecule has 1 unspecified atom stereocenters. The lowest BCUT2D eigenvalue weighted by Crippen LogP contribution is -2.45. The molecule has 1 aromatic rings. The van der Waals surface area contributed by atoms with Gasteiger partial charge >= 0.3 is 0 Å². The van der Waals surface area contributed by atoms with E-state index in [-0.39, 0.29) is 17.9 Å². The van der Waals surface area contributed by atoms with Gasteiger partial charge in [0.25, 0.3) is 5.91 Å². The van der Waals surface area contributed by atoms with E-state index >= 15 is 0 Å². The van der Waals surface area contributed by atoms with Gasteiger partial charge in [-0.25, -0.2) is 0 Å². The molecule has 3 aliphatic rings. The molecule has 118 valence electrons. The van der Waals surface area contributed by atoms with Crippen LogP contribution in [0.25, 0.3) is 0 Å². The smallest absolute Gasteiger partial charge is 0.256 e. The van der Waals surface area contributed by atoms with Crippen molar-refractivity contribution >= 4 is 23.2 Å². The van der Waals surface area contributed by atoms with Gasteiger partial charge in [-0.1, -0.05) is 12.8 Å². The first-order valence-corrected chi connectivity index (χ1v) is 9.32. The molecule has 1 saturated heterocycles. The summed E-state index contributed by atoms with van der Waals surface area (Å²) in [5, 5.41) is 4.98. The molecule has 0 aromatic carbocycles. The van der Waals surface area contributed by atoms with Crippen LogP contribution < -0.4 is 5.32 Å². The molecule has 1 saturated carbocycles. The lowest BCUT2D eigenvalue weighted by Gasteiger charge is -2.25. The number of hydrogen-bond donors (Lipinski definition) is 1. The van der Waals surface area contributed by atoms with E-state index in [1.807, 2.05) is 10.3 Å². The molecule has 1 atom stereocenters. The van der Waals surface area contributed by atoms with Gasteiger partial charge in [-0.3, -0.25) is 9.59 Å². The summed E-state index contributed by atoms with van der Waals surface area (Å²) >= 11 is 1.76. The molecule has 5 heteroatoms. The van der Waals surface area contributed by atoms with Gasteiger partial charge in [0.1, 0.15) is 6.04 Å². The Kier molecular flexibility index (Phi) is 3.68.